The first kappa shape index (κ1) is 34.9. The van der Waals surface area contributed by atoms with Gasteiger partial charge in [0.15, 0.2) is 18.4 Å². The molecule has 0 aromatic heterocycles. The minimum atomic E-state index is -1.71. The molecule has 15 atom stereocenters. The topological polar surface area (TPSA) is 306 Å². The van der Waals surface area contributed by atoms with Crippen LogP contribution in [0, 0.1) is 5.92 Å². The number of Topliss-reactive ketones (excluding diaryl/α,β-unsaturated/α-hetero) is 1. The van der Waals surface area contributed by atoms with Crippen LogP contribution in [0.25, 0.3) is 0 Å². The molecule has 2 saturated carbocycles. The molecule has 2 aliphatic carbocycles. The average molecular weight is 625 g/mol. The molecule has 0 aromatic carbocycles. The molecule has 4 rings (SSSR count). The molecule has 17 nitrogen and oxygen atoms in total. The smallest absolute Gasteiger partial charge is 0.187 e. The van der Waals surface area contributed by atoms with E-state index in [0.29, 0.717) is 6.54 Å². The maximum Gasteiger partial charge on any atom is 0.187 e. The predicted octanol–water partition coefficient (Wildman–Crippen LogP) is -6.54. The normalized spacial score (nSPS) is 50.7. The van der Waals surface area contributed by atoms with Gasteiger partial charge in [0.05, 0.1) is 18.8 Å². The SMILES string of the molecule is CCNC[C@H]1O[C@H](OC2[C@@H](N)C[C@@H](CC(=O)C3(O)CC(N)C3)[C@H](O[C@H]3O[C@H](CO)[C@@H](O)[C@H](N)[C@H]3O)[C@H]2O)[C@H](O)[C@@H](O)[C@@H]1O. The van der Waals surface area contributed by atoms with Crippen molar-refractivity contribution < 1.29 is 64.6 Å². The summed E-state index contributed by atoms with van der Waals surface area (Å²) in [6.45, 7) is 1.84. The maximum absolute atomic E-state index is 13.1. The summed E-state index contributed by atoms with van der Waals surface area (Å²) in [5.41, 5.74) is 16.5. The first-order valence-corrected chi connectivity index (χ1v) is 14.8. The van der Waals surface area contributed by atoms with Crippen LogP contribution in [0.4, 0.5) is 0 Å². The van der Waals surface area contributed by atoms with Crippen LogP contribution >= 0.6 is 0 Å². The van der Waals surface area contributed by atoms with Crippen molar-refractivity contribution in [3.8, 4) is 0 Å². The van der Waals surface area contributed by atoms with Crippen molar-refractivity contribution in [2.24, 2.45) is 23.1 Å². The number of aliphatic hydroxyl groups excluding tert-OH is 7. The molecular formula is C26H48N4O13. The van der Waals surface area contributed by atoms with E-state index < -0.39 is 110 Å². The Labute approximate surface area is 248 Å². The van der Waals surface area contributed by atoms with E-state index in [4.69, 9.17) is 36.1 Å². The number of aliphatic hydroxyl groups is 8. The largest absolute Gasteiger partial charge is 0.394 e. The van der Waals surface area contributed by atoms with Gasteiger partial charge < -0.3 is 82.3 Å². The molecular weight excluding hydrogens is 576 g/mol. The van der Waals surface area contributed by atoms with Gasteiger partial charge in [-0.3, -0.25) is 4.79 Å². The summed E-state index contributed by atoms with van der Waals surface area (Å²) in [6, 6.07) is -2.58. The quantitative estimate of drug-likeness (QED) is 0.102. The van der Waals surface area contributed by atoms with Crippen LogP contribution in [0.15, 0.2) is 0 Å². The summed E-state index contributed by atoms with van der Waals surface area (Å²) in [5, 5.41) is 87.2. The number of ether oxygens (including phenoxy) is 4. The molecule has 4 aliphatic rings. The molecule has 15 N–H and O–H groups in total. The number of likely N-dealkylation sites (N-methyl/N-ethyl adjacent to an activating group) is 1. The summed E-state index contributed by atoms with van der Waals surface area (Å²) in [7, 11) is 0. The second-order valence-electron chi connectivity index (χ2n) is 12.3. The summed E-state index contributed by atoms with van der Waals surface area (Å²) in [4.78, 5) is 13.1. The van der Waals surface area contributed by atoms with E-state index in [1.807, 2.05) is 6.92 Å². The van der Waals surface area contributed by atoms with E-state index in [2.05, 4.69) is 5.32 Å². The average Bonchev–Trinajstić information content (AvgIpc) is 2.95. The minimum absolute atomic E-state index is 0.00397. The van der Waals surface area contributed by atoms with Crippen LogP contribution in [-0.2, 0) is 23.7 Å². The van der Waals surface area contributed by atoms with Gasteiger partial charge in [0.25, 0.3) is 0 Å². The number of carbonyl (C=O) groups excluding carboxylic acids is 1. The Hall–Kier alpha value is -0.970. The predicted molar refractivity (Wildman–Crippen MR) is 145 cm³/mol. The van der Waals surface area contributed by atoms with Crippen LogP contribution in [0.5, 0.6) is 0 Å². The first-order chi connectivity index (χ1) is 20.2. The number of hydrogen-bond donors (Lipinski definition) is 12. The third-order valence-corrected chi connectivity index (χ3v) is 9.08. The van der Waals surface area contributed by atoms with Gasteiger partial charge in [-0.05, 0) is 31.7 Å². The lowest BCUT2D eigenvalue weighted by atomic mass is 9.69. The summed E-state index contributed by atoms with van der Waals surface area (Å²) >= 11 is 0. The zero-order chi connectivity index (χ0) is 31.8. The Kier molecular flexibility index (Phi) is 11.5. The lowest BCUT2D eigenvalue weighted by molar-refractivity contribution is -0.335. The monoisotopic (exact) mass is 624 g/mol. The van der Waals surface area contributed by atoms with E-state index in [0.717, 1.165) is 0 Å². The van der Waals surface area contributed by atoms with E-state index in [-0.39, 0.29) is 38.3 Å². The van der Waals surface area contributed by atoms with E-state index >= 15 is 0 Å². The standard InChI is InChI=1S/C26H48N4O13/c1-2-30-7-12-17(34)19(36)20(37)25(40-12)43-23-11(28)3-9(4-14(32)26(39)5-10(27)6-26)22(21(23)38)42-24-18(35)15(29)16(33)13(8-31)41-24/h9-13,15-25,30-31,33-39H,2-8,27-29H2,1H3/t9-,10?,11-,12+,13+,15-,16+,17+,18+,19-,20+,21+,22-,23?,24+,25+,26?/m0/s1. The highest BCUT2D eigenvalue weighted by Crippen LogP contribution is 2.39. The van der Waals surface area contributed by atoms with Gasteiger partial charge in [-0.2, -0.15) is 0 Å². The summed E-state index contributed by atoms with van der Waals surface area (Å²) in [5.74, 6) is -1.37. The fourth-order valence-corrected chi connectivity index (χ4v) is 6.40. The Morgan fingerprint density at radius 1 is 0.860 bits per heavy atom. The Balaban J connectivity index is 1.55. The van der Waals surface area contributed by atoms with E-state index in [1.54, 1.807) is 0 Å². The lowest BCUT2D eigenvalue weighted by Gasteiger charge is -2.49. The molecule has 1 unspecified atom stereocenters. The number of ketones is 1. The zero-order valence-corrected chi connectivity index (χ0v) is 24.0. The summed E-state index contributed by atoms with van der Waals surface area (Å²) < 4.78 is 23.2. The van der Waals surface area contributed by atoms with Crippen molar-refractivity contribution in [1.29, 1.82) is 0 Å². The fraction of sp³-hybridized carbons (Fsp3) is 0.962. The van der Waals surface area contributed by atoms with Gasteiger partial charge in [-0.15, -0.1) is 0 Å². The molecule has 43 heavy (non-hydrogen) atoms. The van der Waals surface area contributed by atoms with Crippen molar-refractivity contribution in [2.45, 2.75) is 130 Å². The fourth-order valence-electron chi connectivity index (χ4n) is 6.40. The maximum atomic E-state index is 13.1. The van der Waals surface area contributed by atoms with Gasteiger partial charge in [0, 0.05) is 25.0 Å². The molecule has 0 bridgehead atoms. The molecule has 0 amide bonds. The third kappa shape index (κ3) is 7.22. The van der Waals surface area contributed by atoms with Crippen molar-refractivity contribution in [3.63, 3.8) is 0 Å². The number of hydrogen-bond acceptors (Lipinski definition) is 17. The minimum Gasteiger partial charge on any atom is -0.394 e. The van der Waals surface area contributed by atoms with Crippen LogP contribution < -0.4 is 22.5 Å². The highest BCUT2D eigenvalue weighted by Gasteiger charge is 2.54. The molecule has 0 aromatic rings. The van der Waals surface area contributed by atoms with Crippen LogP contribution in [0.3, 0.4) is 0 Å². The lowest BCUT2D eigenvalue weighted by Crippen LogP contribution is -2.67. The second kappa shape index (κ2) is 14.2. The van der Waals surface area contributed by atoms with Crippen LogP contribution in [0.1, 0.15) is 32.6 Å². The Morgan fingerprint density at radius 3 is 2.07 bits per heavy atom. The van der Waals surface area contributed by atoms with Crippen molar-refractivity contribution >= 4 is 5.78 Å². The van der Waals surface area contributed by atoms with Gasteiger partial charge in [0.2, 0.25) is 0 Å². The number of nitrogens with two attached hydrogens (primary N) is 3. The van der Waals surface area contributed by atoms with Crippen LogP contribution in [-0.4, -0.2) is 164 Å². The number of nitrogens with one attached hydrogen (secondary N) is 1. The molecule has 2 saturated heterocycles. The number of rotatable bonds is 11. The van der Waals surface area contributed by atoms with Gasteiger partial charge >= 0.3 is 0 Å². The van der Waals surface area contributed by atoms with Crippen molar-refractivity contribution in [2.75, 3.05) is 19.7 Å². The molecule has 2 heterocycles. The molecule has 250 valence electrons. The first-order valence-electron chi connectivity index (χ1n) is 14.8. The number of carbonyl (C=O) groups is 1. The summed E-state index contributed by atoms with van der Waals surface area (Å²) in [6.07, 6.45) is -17.5. The molecule has 2 aliphatic heterocycles. The highest BCUT2D eigenvalue weighted by atomic mass is 16.7. The molecule has 4 fully saturated rings. The highest BCUT2D eigenvalue weighted by molar-refractivity contribution is 5.88. The second-order valence-corrected chi connectivity index (χ2v) is 12.3. The molecule has 0 radical (unpaired) electrons. The molecule has 0 spiro atoms. The van der Waals surface area contributed by atoms with Crippen LogP contribution in [0.2, 0.25) is 0 Å². The Bertz CT molecular complexity index is 929. The van der Waals surface area contributed by atoms with Gasteiger partial charge in [0.1, 0.15) is 60.5 Å². The van der Waals surface area contributed by atoms with Gasteiger partial charge in [-0.25, -0.2) is 0 Å². The van der Waals surface area contributed by atoms with E-state index in [1.165, 1.54) is 0 Å². The molecule has 17 heteroatoms. The van der Waals surface area contributed by atoms with E-state index in [9.17, 15) is 45.6 Å². The zero-order valence-electron chi connectivity index (χ0n) is 24.0. The Morgan fingerprint density at radius 2 is 1.47 bits per heavy atom. The van der Waals surface area contributed by atoms with Crippen molar-refractivity contribution in [3.05, 3.63) is 0 Å². The van der Waals surface area contributed by atoms with Crippen molar-refractivity contribution in [1.82, 2.24) is 5.32 Å². The van der Waals surface area contributed by atoms with Gasteiger partial charge in [-0.1, -0.05) is 6.92 Å². The third-order valence-electron chi connectivity index (χ3n) is 9.08.